The highest BCUT2D eigenvalue weighted by Gasteiger charge is 2.18. The molecule has 0 spiro atoms. The molecule has 0 amide bonds. The molecule has 208 valence electrons. The first-order chi connectivity index (χ1) is 19.6. The van der Waals surface area contributed by atoms with Gasteiger partial charge in [-0.1, -0.05) is 77.0 Å². The summed E-state index contributed by atoms with van der Waals surface area (Å²) >= 11 is 7.75. The highest BCUT2D eigenvalue weighted by molar-refractivity contribution is 7.91. The fourth-order valence-electron chi connectivity index (χ4n) is 3.80. The lowest BCUT2D eigenvalue weighted by molar-refractivity contribution is 0.594. The summed E-state index contributed by atoms with van der Waals surface area (Å²) < 4.78 is 57.5. The SMILES string of the molecule is Cc1ccc(S(=O)(=O)c2ccc(NN=Cc3sc(=NS(=O)(=O)c4ccccc4)n(-c4ccccc4)c3Cl)cc2)cc1. The van der Waals surface area contributed by atoms with Crippen molar-refractivity contribution in [1.29, 1.82) is 0 Å². The molecule has 0 bridgehead atoms. The summed E-state index contributed by atoms with van der Waals surface area (Å²) in [6.07, 6.45) is 1.46. The number of rotatable bonds is 8. The Morgan fingerprint density at radius 2 is 1.32 bits per heavy atom. The number of nitrogens with one attached hydrogen (secondary N) is 1. The fraction of sp³-hybridized carbons (Fsp3) is 0.0345. The van der Waals surface area contributed by atoms with Crippen LogP contribution in [-0.2, 0) is 19.9 Å². The van der Waals surface area contributed by atoms with E-state index in [-0.39, 0.29) is 24.6 Å². The number of para-hydroxylation sites is 1. The molecule has 5 rings (SSSR count). The third kappa shape index (κ3) is 6.33. The van der Waals surface area contributed by atoms with Gasteiger partial charge >= 0.3 is 0 Å². The van der Waals surface area contributed by atoms with Crippen LogP contribution in [0, 0.1) is 6.92 Å². The van der Waals surface area contributed by atoms with Crippen molar-refractivity contribution in [1.82, 2.24) is 4.57 Å². The molecule has 0 aliphatic carbocycles. The summed E-state index contributed by atoms with van der Waals surface area (Å²) in [6, 6.07) is 29.9. The van der Waals surface area contributed by atoms with Crippen molar-refractivity contribution in [2.75, 3.05) is 5.43 Å². The van der Waals surface area contributed by atoms with Crippen LogP contribution in [0.25, 0.3) is 5.69 Å². The first kappa shape index (κ1) is 28.5. The zero-order chi connectivity index (χ0) is 29.0. The molecule has 0 saturated heterocycles. The van der Waals surface area contributed by atoms with Gasteiger partial charge in [0.05, 0.1) is 31.5 Å². The van der Waals surface area contributed by atoms with Gasteiger partial charge in [0.1, 0.15) is 5.15 Å². The molecule has 0 fully saturated rings. The van der Waals surface area contributed by atoms with Gasteiger partial charge in [0.2, 0.25) is 14.6 Å². The maximum atomic E-state index is 13.0. The van der Waals surface area contributed by atoms with Crippen molar-refractivity contribution in [3.05, 3.63) is 130 Å². The molecular weight excluding hydrogens is 600 g/mol. The number of benzene rings is 4. The van der Waals surface area contributed by atoms with Crippen molar-refractivity contribution in [2.45, 2.75) is 21.6 Å². The summed E-state index contributed by atoms with van der Waals surface area (Å²) in [5, 5.41) is 4.46. The molecule has 8 nitrogen and oxygen atoms in total. The van der Waals surface area contributed by atoms with E-state index in [1.165, 1.54) is 30.5 Å². The Kier molecular flexibility index (Phi) is 8.22. The molecule has 5 aromatic rings. The third-order valence-corrected chi connectivity index (χ3v) is 10.6. The molecule has 1 N–H and O–H groups in total. The third-order valence-electron chi connectivity index (χ3n) is 5.92. The second kappa shape index (κ2) is 11.8. The van der Waals surface area contributed by atoms with Gasteiger partial charge in [0.15, 0.2) is 0 Å². The van der Waals surface area contributed by atoms with Gasteiger partial charge in [0.25, 0.3) is 10.0 Å². The van der Waals surface area contributed by atoms with Gasteiger partial charge in [-0.05, 0) is 67.6 Å². The first-order valence-electron chi connectivity index (χ1n) is 12.2. The normalized spacial score (nSPS) is 12.6. The zero-order valence-corrected chi connectivity index (χ0v) is 24.8. The summed E-state index contributed by atoms with van der Waals surface area (Å²) in [5.41, 5.74) is 5.00. The summed E-state index contributed by atoms with van der Waals surface area (Å²) in [7, 11) is -7.65. The van der Waals surface area contributed by atoms with Crippen molar-refractivity contribution < 1.29 is 16.8 Å². The van der Waals surface area contributed by atoms with Gasteiger partial charge in [-0.2, -0.15) is 13.5 Å². The Hall–Kier alpha value is -4.03. The Morgan fingerprint density at radius 1 is 0.756 bits per heavy atom. The molecule has 1 heterocycles. The molecule has 0 radical (unpaired) electrons. The van der Waals surface area contributed by atoms with Gasteiger partial charge in [0, 0.05) is 5.69 Å². The lowest BCUT2D eigenvalue weighted by atomic mass is 10.2. The molecule has 0 atom stereocenters. The Morgan fingerprint density at radius 3 is 1.93 bits per heavy atom. The summed E-state index contributed by atoms with van der Waals surface area (Å²) in [5.74, 6) is 0. The number of sulfonamides is 1. The largest absolute Gasteiger partial charge is 0.285 e. The number of nitrogens with zero attached hydrogens (tertiary/aromatic N) is 3. The second-order valence-electron chi connectivity index (χ2n) is 8.80. The van der Waals surface area contributed by atoms with Crippen molar-refractivity contribution in [2.24, 2.45) is 9.50 Å². The van der Waals surface area contributed by atoms with E-state index in [9.17, 15) is 16.8 Å². The minimum Gasteiger partial charge on any atom is -0.278 e. The number of hydrogen-bond acceptors (Lipinski definition) is 7. The quantitative estimate of drug-likeness (QED) is 0.167. The Labute approximate surface area is 246 Å². The van der Waals surface area contributed by atoms with Crippen LogP contribution in [0.15, 0.2) is 133 Å². The van der Waals surface area contributed by atoms with E-state index in [4.69, 9.17) is 11.6 Å². The van der Waals surface area contributed by atoms with Crippen LogP contribution in [-0.4, -0.2) is 27.6 Å². The van der Waals surface area contributed by atoms with Gasteiger partial charge in [-0.25, -0.2) is 8.42 Å². The summed E-state index contributed by atoms with van der Waals surface area (Å²) in [6.45, 7) is 1.89. The average Bonchev–Trinajstić information content (AvgIpc) is 3.28. The molecule has 1 aromatic heterocycles. The van der Waals surface area contributed by atoms with E-state index in [0.717, 1.165) is 16.9 Å². The van der Waals surface area contributed by atoms with Gasteiger partial charge in [-0.3, -0.25) is 9.99 Å². The van der Waals surface area contributed by atoms with E-state index in [0.29, 0.717) is 16.3 Å². The van der Waals surface area contributed by atoms with E-state index in [2.05, 4.69) is 14.9 Å². The lowest BCUT2D eigenvalue weighted by Gasteiger charge is -2.06. The van der Waals surface area contributed by atoms with E-state index < -0.39 is 19.9 Å². The zero-order valence-electron chi connectivity index (χ0n) is 21.5. The van der Waals surface area contributed by atoms with E-state index in [1.807, 2.05) is 25.1 Å². The topological polar surface area (TPSA) is 110 Å². The molecule has 0 unspecified atom stereocenters. The number of hydrazone groups is 1. The Balaban J connectivity index is 1.43. The molecule has 4 aromatic carbocycles. The van der Waals surface area contributed by atoms with Crippen LogP contribution in [0.2, 0.25) is 5.15 Å². The first-order valence-corrected chi connectivity index (χ1v) is 16.3. The number of anilines is 1. The fourth-order valence-corrected chi connectivity index (χ4v) is 7.55. The number of sulfone groups is 1. The number of hydrogen-bond donors (Lipinski definition) is 1. The van der Waals surface area contributed by atoms with Crippen molar-refractivity contribution in [3.63, 3.8) is 0 Å². The highest BCUT2D eigenvalue weighted by Crippen LogP contribution is 2.24. The number of aromatic nitrogens is 1. The van der Waals surface area contributed by atoms with Crippen LogP contribution in [0.1, 0.15) is 10.4 Å². The minimum absolute atomic E-state index is 0.0638. The molecule has 0 aliphatic heterocycles. The van der Waals surface area contributed by atoms with Gasteiger partial charge < -0.3 is 0 Å². The predicted molar refractivity (Wildman–Crippen MR) is 162 cm³/mol. The average molecular weight is 623 g/mol. The number of halogens is 1. The molecule has 0 saturated carbocycles. The standard InChI is InChI=1S/C29H23ClN4O4S3/c1-21-12-16-24(17-13-21)40(35,36)25-18-14-22(15-19-25)32-31-20-27-28(30)34(23-8-4-2-5-9-23)29(39-27)33-41(37,38)26-10-6-3-7-11-26/h2-20,32H,1H3. The smallest absolute Gasteiger partial charge is 0.278 e. The maximum absolute atomic E-state index is 13.0. The maximum Gasteiger partial charge on any atom is 0.285 e. The van der Waals surface area contributed by atoms with E-state index >= 15 is 0 Å². The van der Waals surface area contributed by atoms with Gasteiger partial charge in [-0.15, -0.1) is 4.40 Å². The minimum atomic E-state index is -4.00. The highest BCUT2D eigenvalue weighted by atomic mass is 35.5. The molecule has 12 heteroatoms. The van der Waals surface area contributed by atoms with Crippen molar-refractivity contribution in [3.8, 4) is 5.69 Å². The monoisotopic (exact) mass is 622 g/mol. The number of thiazole rings is 1. The molecule has 41 heavy (non-hydrogen) atoms. The van der Waals surface area contributed by atoms with Crippen LogP contribution >= 0.6 is 22.9 Å². The Bertz CT molecular complexity index is 1990. The summed E-state index contributed by atoms with van der Waals surface area (Å²) in [4.78, 5) is 1.05. The van der Waals surface area contributed by atoms with Crippen LogP contribution in [0.5, 0.6) is 0 Å². The predicted octanol–water partition coefficient (Wildman–Crippen LogP) is 6.07. The van der Waals surface area contributed by atoms with Crippen LogP contribution < -0.4 is 10.2 Å². The van der Waals surface area contributed by atoms with Crippen LogP contribution in [0.4, 0.5) is 5.69 Å². The molecule has 0 aliphatic rings. The van der Waals surface area contributed by atoms with E-state index in [1.54, 1.807) is 71.3 Å². The second-order valence-corrected chi connectivity index (χ2v) is 13.7. The molecular formula is C29H23ClN4O4S3. The number of aryl methyl sites for hydroxylation is 1. The lowest BCUT2D eigenvalue weighted by Crippen LogP contribution is -2.15. The van der Waals surface area contributed by atoms with Crippen LogP contribution in [0.3, 0.4) is 0 Å². The van der Waals surface area contributed by atoms with Crippen molar-refractivity contribution >= 4 is 54.7 Å².